The normalized spacial score (nSPS) is 28.8. The molecule has 13 heavy (non-hydrogen) atoms. The van der Waals surface area contributed by atoms with Crippen LogP contribution in [-0.2, 0) is 14.3 Å². The van der Waals surface area contributed by atoms with Crippen molar-refractivity contribution in [3.63, 3.8) is 0 Å². The number of nitrogens with zero attached hydrogens (tertiary/aromatic N) is 1. The molecule has 1 fully saturated rings. The molecule has 4 heteroatoms. The molecule has 0 aromatic carbocycles. The molecule has 0 N–H and O–H groups in total. The fraction of sp³-hybridized carbons (Fsp3) is 0.778. The molecule has 0 bridgehead atoms. The lowest BCUT2D eigenvalue weighted by Crippen LogP contribution is -2.49. The van der Waals surface area contributed by atoms with Crippen LogP contribution < -0.4 is 0 Å². The van der Waals surface area contributed by atoms with Crippen molar-refractivity contribution in [2.24, 2.45) is 0 Å². The van der Waals surface area contributed by atoms with E-state index < -0.39 is 5.54 Å². The Labute approximate surface area is 77.8 Å². The van der Waals surface area contributed by atoms with Crippen LogP contribution in [0.4, 0.5) is 0 Å². The SMILES string of the molecule is COC(=O)C1(CC=O)CCCN1C. The maximum atomic E-state index is 11.5. The Morgan fingerprint density at radius 3 is 2.77 bits per heavy atom. The number of carbonyl (C=O) groups excluding carboxylic acids is 2. The van der Waals surface area contributed by atoms with Crippen molar-refractivity contribution in [2.45, 2.75) is 24.8 Å². The molecule has 1 unspecified atom stereocenters. The van der Waals surface area contributed by atoms with Gasteiger partial charge in [-0.05, 0) is 26.4 Å². The molecule has 0 radical (unpaired) electrons. The number of esters is 1. The highest BCUT2D eigenvalue weighted by atomic mass is 16.5. The monoisotopic (exact) mass is 185 g/mol. The molecule has 74 valence electrons. The fourth-order valence-corrected chi connectivity index (χ4v) is 1.94. The molecular formula is C9H15NO3. The minimum atomic E-state index is -0.684. The summed E-state index contributed by atoms with van der Waals surface area (Å²) in [4.78, 5) is 23.9. The first-order valence-corrected chi connectivity index (χ1v) is 4.40. The van der Waals surface area contributed by atoms with Crippen molar-refractivity contribution < 1.29 is 14.3 Å². The third-order valence-electron chi connectivity index (χ3n) is 2.80. The van der Waals surface area contributed by atoms with Gasteiger partial charge in [-0.25, -0.2) is 0 Å². The summed E-state index contributed by atoms with van der Waals surface area (Å²) < 4.78 is 4.72. The molecule has 1 atom stereocenters. The number of hydrogen-bond donors (Lipinski definition) is 0. The third kappa shape index (κ3) is 1.58. The van der Waals surface area contributed by atoms with E-state index in [0.29, 0.717) is 0 Å². The third-order valence-corrected chi connectivity index (χ3v) is 2.80. The van der Waals surface area contributed by atoms with Gasteiger partial charge in [-0.15, -0.1) is 0 Å². The second-order valence-corrected chi connectivity index (χ2v) is 3.42. The highest BCUT2D eigenvalue weighted by Crippen LogP contribution is 2.31. The van der Waals surface area contributed by atoms with Gasteiger partial charge in [0, 0.05) is 6.42 Å². The quantitative estimate of drug-likeness (QED) is 0.466. The number of rotatable bonds is 3. The molecule has 0 amide bonds. The molecule has 0 aliphatic carbocycles. The molecule has 1 heterocycles. The number of carbonyl (C=O) groups is 2. The van der Waals surface area contributed by atoms with Crippen LogP contribution in [0.25, 0.3) is 0 Å². The van der Waals surface area contributed by atoms with Gasteiger partial charge < -0.3 is 9.53 Å². The summed E-state index contributed by atoms with van der Waals surface area (Å²) in [6, 6.07) is 0. The Bertz CT molecular complexity index is 217. The zero-order chi connectivity index (χ0) is 9.90. The minimum Gasteiger partial charge on any atom is -0.468 e. The molecule has 1 aliphatic heterocycles. The summed E-state index contributed by atoms with van der Waals surface area (Å²) in [5, 5.41) is 0. The van der Waals surface area contributed by atoms with E-state index >= 15 is 0 Å². The standard InChI is InChI=1S/C9H15NO3/c1-10-6-3-4-9(10,5-7-11)8(12)13-2/h7H,3-6H2,1-2H3. The average molecular weight is 185 g/mol. The predicted octanol–water partition coefficient (Wildman–Crippen LogP) is 0.213. The zero-order valence-electron chi connectivity index (χ0n) is 8.08. The Kier molecular flexibility index (Phi) is 3.03. The van der Waals surface area contributed by atoms with Crippen LogP contribution in [0.1, 0.15) is 19.3 Å². The first-order chi connectivity index (χ1) is 6.17. The van der Waals surface area contributed by atoms with E-state index in [0.717, 1.165) is 25.7 Å². The summed E-state index contributed by atoms with van der Waals surface area (Å²) in [7, 11) is 3.22. The van der Waals surface area contributed by atoms with Crippen LogP contribution in [-0.4, -0.2) is 43.4 Å². The van der Waals surface area contributed by atoms with Gasteiger partial charge in [0.05, 0.1) is 7.11 Å². The topological polar surface area (TPSA) is 46.6 Å². The van der Waals surface area contributed by atoms with Crippen LogP contribution in [0.15, 0.2) is 0 Å². The molecule has 0 spiro atoms. The summed E-state index contributed by atoms with van der Waals surface area (Å²) in [5.41, 5.74) is -0.684. The van der Waals surface area contributed by atoms with E-state index in [2.05, 4.69) is 0 Å². The maximum absolute atomic E-state index is 11.5. The van der Waals surface area contributed by atoms with Crippen LogP contribution in [0.3, 0.4) is 0 Å². The summed E-state index contributed by atoms with van der Waals surface area (Å²) in [6.07, 6.45) is 2.68. The Morgan fingerprint density at radius 1 is 1.69 bits per heavy atom. The average Bonchev–Trinajstić information content (AvgIpc) is 2.48. The van der Waals surface area contributed by atoms with Gasteiger partial charge in [-0.1, -0.05) is 0 Å². The molecule has 1 aliphatic rings. The molecule has 0 aromatic heterocycles. The smallest absolute Gasteiger partial charge is 0.326 e. The van der Waals surface area contributed by atoms with Crippen molar-refractivity contribution in [1.29, 1.82) is 0 Å². The largest absolute Gasteiger partial charge is 0.468 e. The molecular weight excluding hydrogens is 170 g/mol. The van der Waals surface area contributed by atoms with Gasteiger partial charge in [0.25, 0.3) is 0 Å². The van der Waals surface area contributed by atoms with Crippen molar-refractivity contribution in [3.05, 3.63) is 0 Å². The Morgan fingerprint density at radius 2 is 2.38 bits per heavy atom. The first-order valence-electron chi connectivity index (χ1n) is 4.40. The number of aldehydes is 1. The summed E-state index contributed by atoms with van der Waals surface area (Å²) >= 11 is 0. The molecule has 1 rings (SSSR count). The van der Waals surface area contributed by atoms with E-state index in [4.69, 9.17) is 4.74 Å². The molecule has 0 saturated carbocycles. The van der Waals surface area contributed by atoms with Crippen molar-refractivity contribution >= 4 is 12.3 Å². The van der Waals surface area contributed by atoms with Crippen molar-refractivity contribution in [1.82, 2.24) is 4.90 Å². The predicted molar refractivity (Wildman–Crippen MR) is 47.3 cm³/mol. The maximum Gasteiger partial charge on any atom is 0.326 e. The Hall–Kier alpha value is -0.900. The number of ether oxygens (including phenoxy) is 1. The van der Waals surface area contributed by atoms with Crippen molar-refractivity contribution in [3.8, 4) is 0 Å². The molecule has 0 aromatic rings. The highest BCUT2D eigenvalue weighted by molar-refractivity contribution is 5.84. The number of hydrogen-bond acceptors (Lipinski definition) is 4. The van der Waals surface area contributed by atoms with Crippen molar-refractivity contribution in [2.75, 3.05) is 20.7 Å². The van der Waals surface area contributed by atoms with E-state index in [-0.39, 0.29) is 12.4 Å². The second kappa shape index (κ2) is 3.87. The van der Waals surface area contributed by atoms with Gasteiger partial charge in [-0.3, -0.25) is 9.69 Å². The van der Waals surface area contributed by atoms with Gasteiger partial charge >= 0.3 is 5.97 Å². The van der Waals surface area contributed by atoms with E-state index in [1.54, 1.807) is 0 Å². The summed E-state index contributed by atoms with van der Waals surface area (Å²) in [5.74, 6) is -0.292. The molecule has 1 saturated heterocycles. The van der Waals surface area contributed by atoms with Gasteiger partial charge in [0.1, 0.15) is 11.8 Å². The second-order valence-electron chi connectivity index (χ2n) is 3.42. The van der Waals surface area contributed by atoms with Crippen LogP contribution >= 0.6 is 0 Å². The minimum absolute atomic E-state index is 0.232. The van der Waals surface area contributed by atoms with Gasteiger partial charge in [0.2, 0.25) is 0 Å². The lowest BCUT2D eigenvalue weighted by Gasteiger charge is -2.31. The molecule has 4 nitrogen and oxygen atoms in total. The van der Waals surface area contributed by atoms with E-state index in [9.17, 15) is 9.59 Å². The zero-order valence-corrected chi connectivity index (χ0v) is 8.08. The lowest BCUT2D eigenvalue weighted by molar-refractivity contribution is -0.154. The Balaban J connectivity index is 2.85. The van der Waals surface area contributed by atoms with Crippen LogP contribution in [0.2, 0.25) is 0 Å². The number of likely N-dealkylation sites (N-methyl/N-ethyl adjacent to an activating group) is 1. The van der Waals surface area contributed by atoms with E-state index in [1.165, 1.54) is 7.11 Å². The van der Waals surface area contributed by atoms with Gasteiger partial charge in [0.15, 0.2) is 0 Å². The van der Waals surface area contributed by atoms with Crippen LogP contribution in [0.5, 0.6) is 0 Å². The highest BCUT2D eigenvalue weighted by Gasteiger charge is 2.46. The van der Waals surface area contributed by atoms with Crippen LogP contribution in [0, 0.1) is 0 Å². The fourth-order valence-electron chi connectivity index (χ4n) is 1.94. The summed E-state index contributed by atoms with van der Waals surface area (Å²) in [6.45, 7) is 0.850. The lowest BCUT2D eigenvalue weighted by atomic mass is 9.93. The van der Waals surface area contributed by atoms with Gasteiger partial charge in [-0.2, -0.15) is 0 Å². The first kappa shape index (κ1) is 10.2. The number of likely N-dealkylation sites (tertiary alicyclic amines) is 1. The number of methoxy groups -OCH3 is 1. The van der Waals surface area contributed by atoms with E-state index in [1.807, 2.05) is 11.9 Å².